The first-order valence-corrected chi connectivity index (χ1v) is 5.32. The molecular weight excluding hydrogens is 226 g/mol. The van der Waals surface area contributed by atoms with Gasteiger partial charge in [0.1, 0.15) is 19.3 Å². The van der Waals surface area contributed by atoms with Gasteiger partial charge in [0.15, 0.2) is 0 Å². The van der Waals surface area contributed by atoms with E-state index in [9.17, 15) is 0 Å². The van der Waals surface area contributed by atoms with Crippen LogP contribution in [0.1, 0.15) is 0 Å². The van der Waals surface area contributed by atoms with Crippen LogP contribution in [0.25, 0.3) is 0 Å². The minimum Gasteiger partial charge on any atom is -0.461 e. The molecule has 1 heterocycles. The summed E-state index contributed by atoms with van der Waals surface area (Å²) < 4.78 is 20.5. The molecule has 7 nitrogen and oxygen atoms in total. The average Bonchev–Trinajstić information content (AvgIpc) is 2.38. The molecule has 0 radical (unpaired) electrons. The van der Waals surface area contributed by atoms with Gasteiger partial charge in [0.25, 0.3) is 0 Å². The largest absolute Gasteiger partial charge is 0.461 e. The quantitative estimate of drug-likeness (QED) is 0.532. The highest BCUT2D eigenvalue weighted by Gasteiger charge is 1.95. The zero-order valence-corrected chi connectivity index (χ0v) is 9.87. The number of aromatic nitrogens is 3. The number of nitrogens with zero attached hydrogens (tertiary/aromatic N) is 3. The maximum Gasteiger partial charge on any atom is 0.319 e. The number of hydrogen-bond acceptors (Lipinski definition) is 7. The van der Waals surface area contributed by atoms with Gasteiger partial charge in [0.05, 0.1) is 33.0 Å². The molecule has 1 aromatic rings. The van der Waals surface area contributed by atoms with Crippen molar-refractivity contribution in [3.63, 3.8) is 0 Å². The Morgan fingerprint density at radius 1 is 0.882 bits per heavy atom. The predicted octanol–water partition coefficient (Wildman–Crippen LogP) is -0.0700. The van der Waals surface area contributed by atoms with Gasteiger partial charge in [-0.05, 0) is 0 Å². The fourth-order valence-corrected chi connectivity index (χ4v) is 0.959. The molecule has 0 aliphatic rings. The van der Waals surface area contributed by atoms with Crippen LogP contribution < -0.4 is 4.74 Å². The van der Waals surface area contributed by atoms with E-state index in [-0.39, 0.29) is 0 Å². The van der Waals surface area contributed by atoms with Gasteiger partial charge in [0, 0.05) is 7.11 Å². The Morgan fingerprint density at radius 3 is 2.12 bits per heavy atom. The maximum absolute atomic E-state index is 5.27. The van der Waals surface area contributed by atoms with Gasteiger partial charge in [-0.2, -0.15) is 9.97 Å². The molecule has 17 heavy (non-hydrogen) atoms. The summed E-state index contributed by atoms with van der Waals surface area (Å²) in [6.45, 7) is 3.14. The highest BCUT2D eigenvalue weighted by atomic mass is 16.6. The van der Waals surface area contributed by atoms with Crippen molar-refractivity contribution in [3.8, 4) is 6.01 Å². The number of methoxy groups -OCH3 is 1. The summed E-state index contributed by atoms with van der Waals surface area (Å²) in [6.07, 6.45) is 2.76. The van der Waals surface area contributed by atoms with Crippen LogP contribution in [-0.2, 0) is 14.2 Å². The summed E-state index contributed by atoms with van der Waals surface area (Å²) in [6, 6.07) is 0.306. The van der Waals surface area contributed by atoms with E-state index in [1.165, 1.54) is 12.7 Å². The van der Waals surface area contributed by atoms with Crippen LogP contribution in [0, 0.1) is 0 Å². The van der Waals surface area contributed by atoms with Gasteiger partial charge in [-0.25, -0.2) is 4.98 Å². The minimum absolute atomic E-state index is 0.306. The van der Waals surface area contributed by atoms with E-state index in [1.54, 1.807) is 7.11 Å². The lowest BCUT2D eigenvalue weighted by Gasteiger charge is -2.06. The molecule has 0 saturated heterocycles. The van der Waals surface area contributed by atoms with Crippen molar-refractivity contribution in [2.75, 3.05) is 46.8 Å². The van der Waals surface area contributed by atoms with Gasteiger partial charge in [-0.15, -0.1) is 0 Å². The smallest absolute Gasteiger partial charge is 0.319 e. The molecule has 0 bridgehead atoms. The van der Waals surface area contributed by atoms with Gasteiger partial charge < -0.3 is 18.9 Å². The average molecular weight is 243 g/mol. The lowest BCUT2D eigenvalue weighted by atomic mass is 10.7. The Kier molecular flexibility index (Phi) is 8.00. The Morgan fingerprint density at radius 2 is 1.47 bits per heavy atom. The SMILES string of the molecule is COCCOCCOCCOc1ncncn1. The number of hydrogen-bond donors (Lipinski definition) is 0. The summed E-state index contributed by atoms with van der Waals surface area (Å²) in [4.78, 5) is 11.3. The second-order valence-electron chi connectivity index (χ2n) is 2.99. The molecular formula is C10H17N3O4. The first-order chi connectivity index (χ1) is 8.43. The molecule has 1 rings (SSSR count). The van der Waals surface area contributed by atoms with Crippen LogP contribution in [0.2, 0.25) is 0 Å². The standard InChI is InChI=1S/C10H17N3O4/c1-14-2-3-15-4-5-16-6-7-17-10-12-8-11-9-13-10/h8-9H,2-7H2,1H3. The normalized spacial score (nSPS) is 10.4. The van der Waals surface area contributed by atoms with E-state index in [4.69, 9.17) is 18.9 Å². The van der Waals surface area contributed by atoms with E-state index in [0.717, 1.165) is 0 Å². The molecule has 0 saturated carbocycles. The zero-order chi connectivity index (χ0) is 12.2. The Balaban J connectivity index is 1.85. The molecule has 0 spiro atoms. The van der Waals surface area contributed by atoms with Gasteiger partial charge in [0.2, 0.25) is 0 Å². The summed E-state index contributed by atoms with van der Waals surface area (Å²) in [5, 5.41) is 0. The third kappa shape index (κ3) is 7.56. The second kappa shape index (κ2) is 9.88. The predicted molar refractivity (Wildman–Crippen MR) is 58.8 cm³/mol. The number of ether oxygens (including phenoxy) is 4. The fraction of sp³-hybridized carbons (Fsp3) is 0.700. The van der Waals surface area contributed by atoms with E-state index >= 15 is 0 Å². The van der Waals surface area contributed by atoms with Crippen LogP contribution in [0.5, 0.6) is 6.01 Å². The third-order valence-electron chi connectivity index (χ3n) is 1.73. The van der Waals surface area contributed by atoms with Crippen molar-refractivity contribution in [2.24, 2.45) is 0 Å². The van der Waals surface area contributed by atoms with Crippen LogP contribution in [-0.4, -0.2) is 61.7 Å². The Hall–Kier alpha value is -1.31. The van der Waals surface area contributed by atoms with Crippen molar-refractivity contribution < 1.29 is 18.9 Å². The monoisotopic (exact) mass is 243 g/mol. The number of rotatable bonds is 10. The minimum atomic E-state index is 0.306. The van der Waals surface area contributed by atoms with Crippen molar-refractivity contribution in [2.45, 2.75) is 0 Å². The Labute approximate surface area is 100 Å². The first-order valence-electron chi connectivity index (χ1n) is 5.32. The summed E-state index contributed by atoms with van der Waals surface area (Å²) in [7, 11) is 1.64. The van der Waals surface area contributed by atoms with E-state index < -0.39 is 0 Å². The molecule has 0 aliphatic heterocycles. The van der Waals surface area contributed by atoms with Gasteiger partial charge in [-0.3, -0.25) is 0 Å². The highest BCUT2D eigenvalue weighted by molar-refractivity contribution is 4.86. The van der Waals surface area contributed by atoms with Gasteiger partial charge >= 0.3 is 6.01 Å². The van der Waals surface area contributed by atoms with E-state index in [2.05, 4.69) is 15.0 Å². The molecule has 0 unspecified atom stereocenters. The molecule has 96 valence electrons. The molecule has 0 fully saturated rings. The lowest BCUT2D eigenvalue weighted by Crippen LogP contribution is -2.13. The van der Waals surface area contributed by atoms with Crippen molar-refractivity contribution in [1.82, 2.24) is 15.0 Å². The van der Waals surface area contributed by atoms with Crippen LogP contribution in [0.15, 0.2) is 12.7 Å². The molecule has 0 aromatic carbocycles. The van der Waals surface area contributed by atoms with Gasteiger partial charge in [-0.1, -0.05) is 0 Å². The maximum atomic E-state index is 5.27. The summed E-state index contributed by atoms with van der Waals surface area (Å²) in [5.41, 5.74) is 0. The van der Waals surface area contributed by atoms with Crippen LogP contribution in [0.4, 0.5) is 0 Å². The molecule has 7 heteroatoms. The van der Waals surface area contributed by atoms with Crippen LogP contribution in [0.3, 0.4) is 0 Å². The van der Waals surface area contributed by atoms with Crippen molar-refractivity contribution >= 4 is 0 Å². The zero-order valence-electron chi connectivity index (χ0n) is 9.87. The van der Waals surface area contributed by atoms with E-state index in [1.807, 2.05) is 0 Å². The lowest BCUT2D eigenvalue weighted by molar-refractivity contribution is 0.0173. The van der Waals surface area contributed by atoms with Crippen LogP contribution >= 0.6 is 0 Å². The summed E-state index contributed by atoms with van der Waals surface area (Å²) in [5.74, 6) is 0. The molecule has 0 atom stereocenters. The molecule has 0 N–H and O–H groups in total. The van der Waals surface area contributed by atoms with Crippen molar-refractivity contribution in [3.05, 3.63) is 12.7 Å². The first kappa shape index (κ1) is 13.8. The molecule has 0 amide bonds. The fourth-order valence-electron chi connectivity index (χ4n) is 0.959. The highest BCUT2D eigenvalue weighted by Crippen LogP contribution is 1.94. The topological polar surface area (TPSA) is 75.6 Å². The summed E-state index contributed by atoms with van der Waals surface area (Å²) >= 11 is 0. The molecule has 0 aliphatic carbocycles. The molecule has 1 aromatic heterocycles. The van der Waals surface area contributed by atoms with E-state index in [0.29, 0.717) is 45.7 Å². The third-order valence-corrected chi connectivity index (χ3v) is 1.73. The second-order valence-corrected chi connectivity index (χ2v) is 2.99. The Bertz CT molecular complexity index is 274. The van der Waals surface area contributed by atoms with Crippen molar-refractivity contribution in [1.29, 1.82) is 0 Å².